The molecule has 0 radical (unpaired) electrons. The van der Waals surface area contributed by atoms with E-state index in [1.807, 2.05) is 62.7 Å². The van der Waals surface area contributed by atoms with Gasteiger partial charge in [-0.25, -0.2) is 23.5 Å². The Hall–Kier alpha value is -8.82. The Bertz CT molecular complexity index is 3480. The number of unbranched alkanes of at least 4 members (excludes halogenated alkanes) is 5. The number of aryl methyl sites for hydroxylation is 1. The molecule has 2 aliphatic rings. The van der Waals surface area contributed by atoms with E-state index >= 15 is 4.79 Å². The molecule has 4 N–H and O–H groups in total. The summed E-state index contributed by atoms with van der Waals surface area (Å²) in [6.07, 6.45) is 11.8. The molecule has 3 heterocycles. The van der Waals surface area contributed by atoms with Crippen LogP contribution in [0.2, 0.25) is 0 Å². The number of aromatic nitrogens is 5. The van der Waals surface area contributed by atoms with Crippen molar-refractivity contribution in [1.29, 1.82) is 0 Å². The summed E-state index contributed by atoms with van der Waals surface area (Å²) in [6.45, 7) is 13.9. The molecule has 0 fully saturated rings. The fourth-order valence-corrected chi connectivity index (χ4v) is 11.3. The first-order valence-corrected chi connectivity index (χ1v) is 31.6. The summed E-state index contributed by atoms with van der Waals surface area (Å²) in [6, 6.07) is 22.9. The largest absolute Gasteiger partial charge is 0.494 e. The van der Waals surface area contributed by atoms with E-state index in [1.54, 1.807) is 74.0 Å². The summed E-state index contributed by atoms with van der Waals surface area (Å²) in [5.41, 5.74) is 3.79. The van der Waals surface area contributed by atoms with Crippen LogP contribution in [-0.2, 0) is 62.9 Å². The molecule has 4 atom stereocenters. The van der Waals surface area contributed by atoms with E-state index in [4.69, 9.17) is 9.47 Å². The zero-order valence-corrected chi connectivity index (χ0v) is 54.0. The molecule has 8 rings (SSSR count). The second-order valence-electron chi connectivity index (χ2n) is 25.7. The number of likely N-dealkylation sites (N-methyl/N-ethyl adjacent to an activating group) is 1. The van der Waals surface area contributed by atoms with Crippen molar-refractivity contribution in [2.75, 3.05) is 32.6 Å². The van der Waals surface area contributed by atoms with E-state index in [1.165, 1.54) is 29.9 Å². The number of ether oxygens (including phenoxy) is 2. The summed E-state index contributed by atoms with van der Waals surface area (Å²) in [4.78, 5) is 95.9. The highest BCUT2D eigenvalue weighted by Crippen LogP contribution is 2.34. The Morgan fingerprint density at radius 3 is 2.26 bits per heavy atom. The van der Waals surface area contributed by atoms with Crippen LogP contribution in [0.1, 0.15) is 163 Å². The maximum atomic E-state index is 15.1. The van der Waals surface area contributed by atoms with Gasteiger partial charge in [-0.1, -0.05) is 88.9 Å². The molecule has 20 nitrogen and oxygen atoms in total. The molecule has 6 amide bonds. The highest BCUT2D eigenvalue weighted by molar-refractivity contribution is 5.96. The lowest BCUT2D eigenvalue weighted by molar-refractivity contribution is -0.147. The minimum atomic E-state index is -1.05. The third-order valence-electron chi connectivity index (χ3n) is 16.7. The maximum absolute atomic E-state index is 15.1. The van der Waals surface area contributed by atoms with E-state index in [0.717, 1.165) is 86.6 Å². The van der Waals surface area contributed by atoms with E-state index in [0.29, 0.717) is 66.9 Å². The summed E-state index contributed by atoms with van der Waals surface area (Å²) < 4.78 is 42.1. The molecular weight excluding hydrogens is 1160 g/mol. The number of amides is 6. The van der Waals surface area contributed by atoms with E-state index in [-0.39, 0.29) is 49.5 Å². The zero-order chi connectivity index (χ0) is 65.4. The first kappa shape index (κ1) is 68.1. The Morgan fingerprint density at radius 2 is 1.53 bits per heavy atom. The van der Waals surface area contributed by atoms with Gasteiger partial charge in [0.15, 0.2) is 11.6 Å². The Kier molecular flexibility index (Phi) is 23.4. The van der Waals surface area contributed by atoms with Crippen molar-refractivity contribution in [2.45, 2.75) is 181 Å². The van der Waals surface area contributed by atoms with Crippen molar-refractivity contribution >= 4 is 41.3 Å². The summed E-state index contributed by atoms with van der Waals surface area (Å²) >= 11 is 0. The molecule has 91 heavy (non-hydrogen) atoms. The minimum absolute atomic E-state index is 0.0653. The number of benzene rings is 4. The van der Waals surface area contributed by atoms with Crippen LogP contribution in [-0.4, -0.2) is 126 Å². The normalized spacial score (nSPS) is 15.3. The molecule has 0 saturated heterocycles. The molecular formula is C69H88F2N12O8. The SMILES string of the molecule is C[C@@H](C(=O)NC(C(=O)N1Cc2cc(OCCCCCCCCC(=O)N(C)CCCn3c(CNc4cccc(C(=O)NCc5c(F)cccc5F)c4)nnc3-c3ccncn3)ccc2C[C@H]1C(=O)N[C@@H]1CCCc2ccccc21)C(C)(C)C)N(C)C(=O)OC(C)(C)C. The minimum Gasteiger partial charge on any atom is -0.494 e. The van der Waals surface area contributed by atoms with Gasteiger partial charge in [0.2, 0.25) is 23.6 Å². The summed E-state index contributed by atoms with van der Waals surface area (Å²) in [7, 11) is 3.30. The first-order chi connectivity index (χ1) is 43.4. The second-order valence-corrected chi connectivity index (χ2v) is 25.7. The predicted molar refractivity (Wildman–Crippen MR) is 342 cm³/mol. The van der Waals surface area contributed by atoms with Gasteiger partial charge in [0.05, 0.1) is 19.2 Å². The second kappa shape index (κ2) is 31.3. The first-order valence-electron chi connectivity index (χ1n) is 31.6. The van der Waals surface area contributed by atoms with Gasteiger partial charge in [0.1, 0.15) is 53.1 Å². The molecule has 1 aliphatic heterocycles. The lowest BCUT2D eigenvalue weighted by Gasteiger charge is -2.42. The molecule has 486 valence electrons. The number of nitrogens with zero attached hydrogens (tertiary/aromatic N) is 8. The number of fused-ring (bicyclic) bond motifs is 2. The fraction of sp³-hybridized carbons (Fsp3) is 0.478. The van der Waals surface area contributed by atoms with E-state index in [9.17, 15) is 32.8 Å². The number of anilines is 1. The molecule has 0 saturated carbocycles. The van der Waals surface area contributed by atoms with Crippen molar-refractivity contribution < 1.29 is 47.0 Å². The van der Waals surface area contributed by atoms with Crippen LogP contribution < -0.4 is 26.0 Å². The highest BCUT2D eigenvalue weighted by atomic mass is 19.1. The van der Waals surface area contributed by atoms with Crippen molar-refractivity contribution in [3.8, 4) is 17.3 Å². The van der Waals surface area contributed by atoms with Gasteiger partial charge in [0.25, 0.3) is 5.91 Å². The van der Waals surface area contributed by atoms with Gasteiger partial charge in [-0.3, -0.25) is 28.9 Å². The lowest BCUT2D eigenvalue weighted by atomic mass is 9.83. The average Bonchev–Trinajstić information content (AvgIpc) is 1.40. The number of rotatable bonds is 27. The zero-order valence-electron chi connectivity index (χ0n) is 54.0. The Labute approximate surface area is 532 Å². The third kappa shape index (κ3) is 18.7. The summed E-state index contributed by atoms with van der Waals surface area (Å²) in [5.74, 6) is -1.30. The van der Waals surface area contributed by atoms with E-state index in [2.05, 4.69) is 53.6 Å². The molecule has 22 heteroatoms. The van der Waals surface area contributed by atoms with Crippen LogP contribution in [0.15, 0.2) is 104 Å². The molecule has 4 aromatic carbocycles. The monoisotopic (exact) mass is 1250 g/mol. The van der Waals surface area contributed by atoms with Gasteiger partial charge in [0, 0.05) is 76.1 Å². The van der Waals surface area contributed by atoms with Gasteiger partial charge >= 0.3 is 6.09 Å². The van der Waals surface area contributed by atoms with Crippen LogP contribution >= 0.6 is 0 Å². The quantitative estimate of drug-likeness (QED) is 0.0352. The van der Waals surface area contributed by atoms with E-state index < -0.39 is 64.6 Å². The van der Waals surface area contributed by atoms with Crippen molar-refractivity contribution in [2.24, 2.45) is 5.41 Å². The van der Waals surface area contributed by atoms with Crippen molar-refractivity contribution in [3.05, 3.63) is 154 Å². The van der Waals surface area contributed by atoms with Gasteiger partial charge in [-0.2, -0.15) is 0 Å². The highest BCUT2D eigenvalue weighted by Gasteiger charge is 2.44. The Morgan fingerprint density at radius 1 is 0.791 bits per heavy atom. The average molecular weight is 1250 g/mol. The number of halogens is 2. The van der Waals surface area contributed by atoms with Crippen LogP contribution in [0.4, 0.5) is 19.3 Å². The number of hydrogen-bond donors (Lipinski definition) is 4. The van der Waals surface area contributed by atoms with Crippen molar-refractivity contribution in [3.63, 3.8) is 0 Å². The van der Waals surface area contributed by atoms with Gasteiger partial charge in [-0.05, 0) is 142 Å². The number of carbonyl (C=O) groups excluding carboxylic acids is 6. The Balaban J connectivity index is 0.793. The van der Waals surface area contributed by atoms with Crippen LogP contribution in [0.25, 0.3) is 11.5 Å². The van der Waals surface area contributed by atoms with Crippen molar-refractivity contribution in [1.82, 2.24) is 55.4 Å². The van der Waals surface area contributed by atoms with Crippen LogP contribution in [0.3, 0.4) is 0 Å². The third-order valence-corrected chi connectivity index (χ3v) is 16.7. The number of carbonyl (C=O) groups is 6. The molecule has 0 bridgehead atoms. The topological polar surface area (TPSA) is 235 Å². The molecule has 6 aromatic rings. The summed E-state index contributed by atoms with van der Waals surface area (Å²) in [5, 5.41) is 21.1. The standard InChI is InChI=1S/C69H88F2N12O8/c1-45(81(9)67(89)91-69(5,6)7)63(85)77-61(68(2,3)4)66(88)83-43-49-39-51(32-31-47(49)40-58(83)65(87)76-56-29-19-23-46-22-15-16-26-52(46)56)90-37-17-13-11-10-12-14-30-60(84)80(8)35-21-36-82-59(78-79-62(82)57-33-34-72-44-75-57)42-73-50-25-18-24-48(38-50)64(86)74-41-53-54(70)27-20-28-55(53)71/h15-16,18,20,22,24-28,31-34,38-39,44-45,56,58,61,73H,10-14,17,19,21,23,29-30,35-37,40-43H2,1-9H3,(H,74,86)(H,76,87)(H,77,85)/t45-,56+,58-,61?/m0/s1. The molecule has 1 unspecified atom stereocenters. The molecule has 2 aromatic heterocycles. The fourth-order valence-electron chi connectivity index (χ4n) is 11.3. The van der Waals surface area contributed by atoms with Gasteiger partial charge < -0.3 is 45.1 Å². The smallest absolute Gasteiger partial charge is 0.410 e. The van der Waals surface area contributed by atoms with Crippen LogP contribution in [0.5, 0.6) is 5.75 Å². The van der Waals surface area contributed by atoms with Gasteiger partial charge in [-0.15, -0.1) is 10.2 Å². The van der Waals surface area contributed by atoms with Crippen LogP contribution in [0, 0.1) is 17.0 Å². The maximum Gasteiger partial charge on any atom is 0.410 e. The number of hydrogen-bond acceptors (Lipinski definition) is 13. The molecule has 1 aliphatic carbocycles. The predicted octanol–water partition coefficient (Wildman–Crippen LogP) is 10.4. The molecule has 0 spiro atoms. The number of nitrogens with one attached hydrogen (secondary N) is 4. The lowest BCUT2D eigenvalue weighted by Crippen LogP contribution is -2.62.